The van der Waals surface area contributed by atoms with E-state index in [-0.39, 0.29) is 17.7 Å². The summed E-state index contributed by atoms with van der Waals surface area (Å²) in [5.74, 6) is 1.66. The molecule has 5 rings (SSSR count). The van der Waals surface area contributed by atoms with Gasteiger partial charge < -0.3 is 19.4 Å². The van der Waals surface area contributed by atoms with Crippen molar-refractivity contribution in [2.75, 3.05) is 18.6 Å². The fraction of sp³-hybridized carbons (Fsp3) is 0.450. The normalized spacial score (nSPS) is 27.7. The number of H-pyrrole nitrogens is 1. The molecular formula is C20H23N5O2. The number of pyridine rings is 1. The van der Waals surface area contributed by atoms with Crippen LogP contribution in [0.25, 0.3) is 11.0 Å². The zero-order valence-corrected chi connectivity index (χ0v) is 15.3. The summed E-state index contributed by atoms with van der Waals surface area (Å²) in [6.45, 7) is 0.923. The third-order valence-corrected chi connectivity index (χ3v) is 6.07. The lowest BCUT2D eigenvalue weighted by Gasteiger charge is -2.43. The van der Waals surface area contributed by atoms with Crippen molar-refractivity contribution in [2.24, 2.45) is 0 Å². The zero-order valence-electron chi connectivity index (χ0n) is 15.3. The number of ether oxygens (including phenoxy) is 2. The van der Waals surface area contributed by atoms with E-state index < -0.39 is 0 Å². The summed E-state index contributed by atoms with van der Waals surface area (Å²) in [6, 6.07) is 8.04. The smallest absolute Gasteiger partial charge is 0.213 e. The largest absolute Gasteiger partial charge is 0.474 e. The van der Waals surface area contributed by atoms with Gasteiger partial charge in [0.1, 0.15) is 23.9 Å². The SMILES string of the molecule is CO[C@@]12CC[C@@H](Oc3ccccn3)C[C@@H]1N(c1ncnc3[nH]ccc13)CC2. The number of nitrogens with one attached hydrogen (secondary N) is 1. The highest BCUT2D eigenvalue weighted by Gasteiger charge is 2.52. The van der Waals surface area contributed by atoms with Crippen molar-refractivity contribution in [3.63, 3.8) is 0 Å². The first-order valence-electron chi connectivity index (χ1n) is 9.47. The molecule has 1 aliphatic heterocycles. The molecule has 7 nitrogen and oxygen atoms in total. The molecule has 0 unspecified atom stereocenters. The van der Waals surface area contributed by atoms with Crippen molar-refractivity contribution >= 4 is 16.9 Å². The van der Waals surface area contributed by atoms with Gasteiger partial charge in [-0.15, -0.1) is 0 Å². The highest BCUT2D eigenvalue weighted by atomic mass is 16.5. The molecule has 0 amide bonds. The van der Waals surface area contributed by atoms with E-state index in [1.807, 2.05) is 37.6 Å². The van der Waals surface area contributed by atoms with Crippen molar-refractivity contribution in [1.29, 1.82) is 0 Å². The summed E-state index contributed by atoms with van der Waals surface area (Å²) in [5.41, 5.74) is 0.726. The predicted octanol–water partition coefficient (Wildman–Crippen LogP) is 2.95. The van der Waals surface area contributed by atoms with Gasteiger partial charge in [0, 0.05) is 38.5 Å². The molecule has 0 bridgehead atoms. The molecule has 0 aromatic carbocycles. The van der Waals surface area contributed by atoms with Crippen LogP contribution < -0.4 is 9.64 Å². The fourth-order valence-electron chi connectivity index (χ4n) is 4.70. The van der Waals surface area contributed by atoms with Gasteiger partial charge in [0.05, 0.1) is 17.0 Å². The van der Waals surface area contributed by atoms with Gasteiger partial charge in [-0.1, -0.05) is 6.07 Å². The number of anilines is 1. The second-order valence-electron chi connectivity index (χ2n) is 7.35. The Hall–Kier alpha value is -2.67. The van der Waals surface area contributed by atoms with E-state index in [0.29, 0.717) is 5.88 Å². The molecule has 1 saturated carbocycles. The van der Waals surface area contributed by atoms with E-state index in [2.05, 4.69) is 24.8 Å². The number of rotatable bonds is 4. The lowest BCUT2D eigenvalue weighted by molar-refractivity contribution is -0.0607. The van der Waals surface area contributed by atoms with Crippen molar-refractivity contribution in [1.82, 2.24) is 19.9 Å². The molecule has 3 atom stereocenters. The molecule has 140 valence electrons. The van der Waals surface area contributed by atoms with E-state index >= 15 is 0 Å². The molecular weight excluding hydrogens is 342 g/mol. The highest BCUT2D eigenvalue weighted by molar-refractivity contribution is 5.87. The van der Waals surface area contributed by atoms with Crippen molar-refractivity contribution < 1.29 is 9.47 Å². The van der Waals surface area contributed by atoms with E-state index in [1.165, 1.54) is 0 Å². The van der Waals surface area contributed by atoms with Crippen LogP contribution in [0.5, 0.6) is 5.88 Å². The minimum atomic E-state index is -0.141. The molecule has 4 heterocycles. The summed E-state index contributed by atoms with van der Waals surface area (Å²) < 4.78 is 12.3. The second-order valence-corrected chi connectivity index (χ2v) is 7.35. The van der Waals surface area contributed by atoms with E-state index in [1.54, 1.807) is 12.5 Å². The van der Waals surface area contributed by atoms with Crippen LogP contribution in [-0.2, 0) is 4.74 Å². The summed E-state index contributed by atoms with van der Waals surface area (Å²) >= 11 is 0. The number of aromatic amines is 1. The molecule has 7 heteroatoms. The topological polar surface area (TPSA) is 76.2 Å². The van der Waals surface area contributed by atoms with Gasteiger partial charge in [-0.05, 0) is 31.4 Å². The molecule has 1 N–H and O–H groups in total. The van der Waals surface area contributed by atoms with Crippen LogP contribution in [0.3, 0.4) is 0 Å². The quantitative estimate of drug-likeness (QED) is 0.766. The first-order valence-corrected chi connectivity index (χ1v) is 9.47. The molecule has 0 radical (unpaired) electrons. The first kappa shape index (κ1) is 16.5. The van der Waals surface area contributed by atoms with Crippen molar-refractivity contribution in [3.05, 3.63) is 43.0 Å². The fourth-order valence-corrected chi connectivity index (χ4v) is 4.70. The van der Waals surface area contributed by atoms with Gasteiger partial charge in [0.25, 0.3) is 0 Å². The van der Waals surface area contributed by atoms with Crippen molar-refractivity contribution in [3.8, 4) is 5.88 Å². The van der Waals surface area contributed by atoms with Crippen LogP contribution in [-0.4, -0.2) is 51.3 Å². The van der Waals surface area contributed by atoms with E-state index in [4.69, 9.17) is 9.47 Å². The Labute approximate surface area is 157 Å². The van der Waals surface area contributed by atoms with Gasteiger partial charge >= 0.3 is 0 Å². The molecule has 1 aliphatic carbocycles. The summed E-state index contributed by atoms with van der Waals surface area (Å²) in [7, 11) is 1.84. The number of hydrogen-bond acceptors (Lipinski definition) is 6. The number of fused-ring (bicyclic) bond motifs is 2. The Morgan fingerprint density at radius 2 is 2.15 bits per heavy atom. The van der Waals surface area contributed by atoms with E-state index in [9.17, 15) is 0 Å². The summed E-state index contributed by atoms with van der Waals surface area (Å²) in [5, 5.41) is 1.05. The average Bonchev–Trinajstić information content (AvgIpc) is 3.33. The third-order valence-electron chi connectivity index (χ3n) is 6.07. The summed E-state index contributed by atoms with van der Waals surface area (Å²) in [6.07, 6.45) is 9.27. The highest BCUT2D eigenvalue weighted by Crippen LogP contribution is 2.45. The molecule has 3 aromatic rings. The van der Waals surface area contributed by atoms with Crippen LogP contribution >= 0.6 is 0 Å². The average molecular weight is 365 g/mol. The van der Waals surface area contributed by atoms with Gasteiger partial charge in [-0.25, -0.2) is 15.0 Å². The van der Waals surface area contributed by atoms with Crippen LogP contribution in [0.4, 0.5) is 5.82 Å². The Morgan fingerprint density at radius 3 is 3.00 bits per heavy atom. The maximum atomic E-state index is 6.18. The maximum absolute atomic E-state index is 6.18. The second kappa shape index (κ2) is 6.49. The lowest BCUT2D eigenvalue weighted by atomic mass is 9.79. The van der Waals surface area contributed by atoms with E-state index in [0.717, 1.165) is 49.1 Å². The predicted molar refractivity (Wildman–Crippen MR) is 102 cm³/mol. The standard InChI is InChI=1S/C20H23N5O2/c1-26-20-7-5-14(27-17-4-2-3-9-21-17)12-16(20)25(11-8-20)19-15-6-10-22-18(15)23-13-24-19/h2-4,6,9-10,13-14,16H,5,7-8,11-12H2,1H3,(H,22,23,24)/t14-,16+,20-/m1/s1. The Balaban J connectivity index is 1.45. The third kappa shape index (κ3) is 2.73. The molecule has 1 saturated heterocycles. The van der Waals surface area contributed by atoms with Crippen molar-refractivity contribution in [2.45, 2.75) is 43.4 Å². The summed E-state index contributed by atoms with van der Waals surface area (Å²) in [4.78, 5) is 18.8. The number of hydrogen-bond donors (Lipinski definition) is 1. The number of aromatic nitrogens is 4. The minimum absolute atomic E-state index is 0.123. The molecule has 2 aliphatic rings. The van der Waals surface area contributed by atoms with Gasteiger partial charge in [0.15, 0.2) is 0 Å². The minimum Gasteiger partial charge on any atom is -0.474 e. The Morgan fingerprint density at radius 1 is 1.19 bits per heavy atom. The lowest BCUT2D eigenvalue weighted by Crippen LogP contribution is -2.52. The van der Waals surface area contributed by atoms with Gasteiger partial charge in [0.2, 0.25) is 5.88 Å². The Bertz CT molecular complexity index is 930. The molecule has 0 spiro atoms. The zero-order chi connectivity index (χ0) is 18.3. The van der Waals surface area contributed by atoms with Gasteiger partial charge in [-0.3, -0.25) is 0 Å². The number of nitrogens with zero attached hydrogens (tertiary/aromatic N) is 4. The molecule has 2 fully saturated rings. The van der Waals surface area contributed by atoms with Crippen LogP contribution in [0, 0.1) is 0 Å². The molecule has 27 heavy (non-hydrogen) atoms. The first-order chi connectivity index (χ1) is 13.3. The number of methoxy groups -OCH3 is 1. The van der Waals surface area contributed by atoms with Gasteiger partial charge in [-0.2, -0.15) is 0 Å². The monoisotopic (exact) mass is 365 g/mol. The van der Waals surface area contributed by atoms with Crippen LogP contribution in [0.15, 0.2) is 43.0 Å². The van der Waals surface area contributed by atoms with Crippen LogP contribution in [0.1, 0.15) is 25.7 Å². The maximum Gasteiger partial charge on any atom is 0.213 e. The molecule has 3 aromatic heterocycles. The Kier molecular flexibility index (Phi) is 3.97. The van der Waals surface area contributed by atoms with Crippen LogP contribution in [0.2, 0.25) is 0 Å².